The van der Waals surface area contributed by atoms with Gasteiger partial charge in [-0.3, -0.25) is 9.59 Å². The van der Waals surface area contributed by atoms with Crippen LogP contribution in [0.2, 0.25) is 10.0 Å². The highest BCUT2D eigenvalue weighted by atomic mass is 35.5. The normalized spacial score (nSPS) is 12.7. The molecular formula is C23H28Cl2N2O3. The summed E-state index contributed by atoms with van der Waals surface area (Å²) >= 11 is 12.5. The maximum absolute atomic E-state index is 13.2. The number of nitrogens with one attached hydrogen (secondary N) is 1. The van der Waals surface area contributed by atoms with Crippen molar-refractivity contribution >= 4 is 35.0 Å². The van der Waals surface area contributed by atoms with Crippen LogP contribution in [0.3, 0.4) is 0 Å². The third-order valence-electron chi connectivity index (χ3n) is 5.07. The van der Waals surface area contributed by atoms with Gasteiger partial charge in [0.25, 0.3) is 0 Å². The van der Waals surface area contributed by atoms with E-state index in [1.54, 1.807) is 37.1 Å². The molecule has 0 unspecified atom stereocenters. The Morgan fingerprint density at radius 3 is 2.20 bits per heavy atom. The smallest absolute Gasteiger partial charge is 0.242 e. The Hall–Kier alpha value is -2.24. The Morgan fingerprint density at radius 2 is 1.67 bits per heavy atom. The largest absolute Gasteiger partial charge is 0.497 e. The van der Waals surface area contributed by atoms with E-state index in [-0.39, 0.29) is 30.8 Å². The topological polar surface area (TPSA) is 58.6 Å². The molecule has 0 aliphatic carbocycles. The van der Waals surface area contributed by atoms with Crippen LogP contribution in [0.1, 0.15) is 38.3 Å². The van der Waals surface area contributed by atoms with Gasteiger partial charge in [0, 0.05) is 22.6 Å². The molecule has 0 aromatic heterocycles. The molecule has 0 spiro atoms. The van der Waals surface area contributed by atoms with Crippen molar-refractivity contribution in [3.05, 3.63) is 63.6 Å². The van der Waals surface area contributed by atoms with Crippen LogP contribution in [-0.2, 0) is 22.6 Å². The third kappa shape index (κ3) is 6.38. The van der Waals surface area contributed by atoms with Crippen molar-refractivity contribution in [2.24, 2.45) is 0 Å². The van der Waals surface area contributed by atoms with Crippen LogP contribution < -0.4 is 10.1 Å². The predicted molar refractivity (Wildman–Crippen MR) is 121 cm³/mol. The molecule has 2 atom stereocenters. The maximum Gasteiger partial charge on any atom is 0.242 e. The summed E-state index contributed by atoms with van der Waals surface area (Å²) in [4.78, 5) is 27.6. The molecule has 2 amide bonds. The zero-order valence-electron chi connectivity index (χ0n) is 17.7. The molecule has 0 heterocycles. The Bertz CT molecular complexity index is 851. The number of carbonyl (C=O) groups excluding carboxylic acids is 2. The first-order valence-electron chi connectivity index (χ1n) is 9.92. The lowest BCUT2D eigenvalue weighted by atomic mass is 10.1. The lowest BCUT2D eigenvalue weighted by Crippen LogP contribution is -2.49. The monoisotopic (exact) mass is 450 g/mol. The minimum Gasteiger partial charge on any atom is -0.497 e. The van der Waals surface area contributed by atoms with E-state index >= 15 is 0 Å². The van der Waals surface area contributed by atoms with E-state index in [1.807, 2.05) is 38.1 Å². The van der Waals surface area contributed by atoms with E-state index in [0.717, 1.165) is 17.7 Å². The number of rotatable bonds is 9. The zero-order chi connectivity index (χ0) is 22.3. The fraction of sp³-hybridized carbons (Fsp3) is 0.391. The van der Waals surface area contributed by atoms with E-state index in [1.165, 1.54) is 0 Å². The molecule has 2 rings (SSSR count). The van der Waals surface area contributed by atoms with E-state index in [9.17, 15) is 9.59 Å². The van der Waals surface area contributed by atoms with Gasteiger partial charge in [0.05, 0.1) is 13.5 Å². The van der Waals surface area contributed by atoms with E-state index in [2.05, 4.69) is 5.32 Å². The van der Waals surface area contributed by atoms with Crippen molar-refractivity contribution in [2.45, 2.75) is 52.2 Å². The Kier molecular flexibility index (Phi) is 9.00. The molecule has 0 aliphatic rings. The summed E-state index contributed by atoms with van der Waals surface area (Å²) in [5.41, 5.74) is 1.44. The average molecular weight is 451 g/mol. The van der Waals surface area contributed by atoms with Gasteiger partial charge in [0.2, 0.25) is 11.8 Å². The first-order chi connectivity index (χ1) is 14.3. The van der Waals surface area contributed by atoms with Gasteiger partial charge >= 0.3 is 0 Å². The number of nitrogens with zero attached hydrogens (tertiary/aromatic N) is 1. The first-order valence-corrected chi connectivity index (χ1v) is 10.7. The molecule has 0 radical (unpaired) electrons. The van der Waals surface area contributed by atoms with Gasteiger partial charge in [-0.15, -0.1) is 0 Å². The van der Waals surface area contributed by atoms with Crippen molar-refractivity contribution in [2.75, 3.05) is 7.11 Å². The van der Waals surface area contributed by atoms with Crippen LogP contribution >= 0.6 is 23.2 Å². The van der Waals surface area contributed by atoms with Crippen LogP contribution in [0, 0.1) is 0 Å². The molecule has 2 aromatic rings. The Morgan fingerprint density at radius 1 is 1.07 bits per heavy atom. The van der Waals surface area contributed by atoms with Gasteiger partial charge in [-0.25, -0.2) is 0 Å². The van der Waals surface area contributed by atoms with Crippen LogP contribution in [0.25, 0.3) is 0 Å². The van der Waals surface area contributed by atoms with Crippen LogP contribution in [0.4, 0.5) is 0 Å². The van der Waals surface area contributed by atoms with E-state index in [4.69, 9.17) is 27.9 Å². The van der Waals surface area contributed by atoms with Crippen molar-refractivity contribution in [3.63, 3.8) is 0 Å². The second-order valence-electron chi connectivity index (χ2n) is 7.24. The predicted octanol–water partition coefficient (Wildman–Crippen LogP) is 4.88. The Balaban J connectivity index is 2.28. The molecular weight excluding hydrogens is 423 g/mol. The van der Waals surface area contributed by atoms with Crippen LogP contribution in [-0.4, -0.2) is 35.9 Å². The SMILES string of the molecule is CC[C@@H](C)NC(=O)[C@H](C)N(Cc1ccc(OC)cc1)C(=O)Cc1c(Cl)cccc1Cl. The molecule has 2 aromatic carbocycles. The second-order valence-corrected chi connectivity index (χ2v) is 8.05. The van der Waals surface area contributed by atoms with Gasteiger partial charge in [-0.1, -0.05) is 48.3 Å². The average Bonchev–Trinajstić information content (AvgIpc) is 2.74. The number of halogens is 2. The lowest BCUT2D eigenvalue weighted by molar-refractivity contribution is -0.140. The molecule has 0 bridgehead atoms. The third-order valence-corrected chi connectivity index (χ3v) is 5.78. The fourth-order valence-electron chi connectivity index (χ4n) is 2.93. The van der Waals surface area contributed by atoms with E-state index in [0.29, 0.717) is 15.6 Å². The zero-order valence-corrected chi connectivity index (χ0v) is 19.3. The standard InChI is InChI=1S/C23H28Cl2N2O3/c1-5-15(2)26-23(29)16(3)27(14-17-9-11-18(30-4)12-10-17)22(28)13-19-20(24)7-6-8-21(19)25/h6-12,15-16H,5,13-14H2,1-4H3,(H,26,29)/t15-,16+/m1/s1. The van der Waals surface area contributed by atoms with Crippen molar-refractivity contribution in [3.8, 4) is 5.75 Å². The van der Waals surface area contributed by atoms with Crippen LogP contribution in [0.15, 0.2) is 42.5 Å². The number of amides is 2. The quantitative estimate of drug-likeness (QED) is 0.592. The van der Waals surface area contributed by atoms with Gasteiger partial charge in [0.1, 0.15) is 11.8 Å². The molecule has 0 aliphatic heterocycles. The molecule has 162 valence electrons. The summed E-state index contributed by atoms with van der Waals surface area (Å²) in [7, 11) is 1.60. The van der Waals surface area contributed by atoms with E-state index < -0.39 is 6.04 Å². The van der Waals surface area contributed by atoms with Crippen molar-refractivity contribution < 1.29 is 14.3 Å². The maximum atomic E-state index is 13.2. The molecule has 0 saturated carbocycles. The minimum atomic E-state index is -0.658. The highest BCUT2D eigenvalue weighted by molar-refractivity contribution is 6.36. The molecule has 5 nitrogen and oxygen atoms in total. The highest BCUT2D eigenvalue weighted by Gasteiger charge is 2.27. The number of hydrogen-bond donors (Lipinski definition) is 1. The summed E-state index contributed by atoms with van der Waals surface area (Å²) < 4.78 is 5.19. The molecule has 1 N–H and O–H groups in total. The number of hydrogen-bond acceptors (Lipinski definition) is 3. The van der Waals surface area contributed by atoms with Gasteiger partial charge in [-0.05, 0) is 55.7 Å². The summed E-state index contributed by atoms with van der Waals surface area (Å²) in [5.74, 6) is 0.297. The molecule has 0 saturated heterocycles. The number of carbonyl (C=O) groups is 2. The fourth-order valence-corrected chi connectivity index (χ4v) is 3.46. The lowest BCUT2D eigenvalue weighted by Gasteiger charge is -2.30. The summed E-state index contributed by atoms with van der Waals surface area (Å²) in [5, 5.41) is 3.81. The van der Waals surface area contributed by atoms with Gasteiger partial charge < -0.3 is 15.0 Å². The molecule has 30 heavy (non-hydrogen) atoms. The van der Waals surface area contributed by atoms with Crippen LogP contribution in [0.5, 0.6) is 5.75 Å². The molecule has 7 heteroatoms. The van der Waals surface area contributed by atoms with Gasteiger partial charge in [-0.2, -0.15) is 0 Å². The minimum absolute atomic E-state index is 0.00954. The summed E-state index contributed by atoms with van der Waals surface area (Å²) in [6.07, 6.45) is 0.815. The summed E-state index contributed by atoms with van der Waals surface area (Å²) in [6.45, 7) is 5.94. The number of methoxy groups -OCH3 is 1. The second kappa shape index (κ2) is 11.2. The molecule has 0 fully saturated rings. The highest BCUT2D eigenvalue weighted by Crippen LogP contribution is 2.26. The van der Waals surface area contributed by atoms with Crippen molar-refractivity contribution in [1.82, 2.24) is 10.2 Å². The van der Waals surface area contributed by atoms with Crippen molar-refractivity contribution in [1.29, 1.82) is 0 Å². The summed E-state index contributed by atoms with van der Waals surface area (Å²) in [6, 6.07) is 11.9. The number of ether oxygens (including phenoxy) is 1. The van der Waals surface area contributed by atoms with Gasteiger partial charge in [0.15, 0.2) is 0 Å². The number of benzene rings is 2. The Labute approximate surface area is 188 Å². The first kappa shape index (κ1) is 24.0.